The van der Waals surface area contributed by atoms with Crippen LogP contribution in [0.5, 0.6) is 0 Å². The first kappa shape index (κ1) is 21.0. The fourth-order valence-electron chi connectivity index (χ4n) is 4.27. The van der Waals surface area contributed by atoms with Crippen LogP contribution in [0.25, 0.3) is 16.9 Å². The second kappa shape index (κ2) is 8.55. The molecule has 1 fully saturated rings. The van der Waals surface area contributed by atoms with Gasteiger partial charge in [0.15, 0.2) is 11.5 Å². The number of aromatic nitrogens is 3. The van der Waals surface area contributed by atoms with E-state index in [1.807, 2.05) is 29.8 Å². The number of likely N-dealkylation sites (N-methyl/N-ethyl adjacent to an activating group) is 1. The molecule has 1 aliphatic heterocycles. The van der Waals surface area contributed by atoms with Crippen molar-refractivity contribution in [2.45, 2.75) is 6.92 Å². The summed E-state index contributed by atoms with van der Waals surface area (Å²) in [5, 5.41) is 3.41. The summed E-state index contributed by atoms with van der Waals surface area (Å²) in [5.74, 6) is 0.247. The van der Waals surface area contributed by atoms with Crippen LogP contribution in [-0.4, -0.2) is 58.4 Å². The minimum absolute atomic E-state index is 0.436. The summed E-state index contributed by atoms with van der Waals surface area (Å²) in [6.45, 7) is 6.21. The third kappa shape index (κ3) is 4.12. The van der Waals surface area contributed by atoms with E-state index in [4.69, 9.17) is 5.73 Å². The van der Waals surface area contributed by atoms with Gasteiger partial charge in [-0.1, -0.05) is 6.07 Å². The number of nitrogens with one attached hydrogen (secondary N) is 1. The van der Waals surface area contributed by atoms with E-state index in [1.165, 1.54) is 5.69 Å². The Hall–Kier alpha value is -3.91. The lowest BCUT2D eigenvalue weighted by Crippen LogP contribution is -2.44. The minimum Gasteiger partial charge on any atom is -0.369 e. The van der Waals surface area contributed by atoms with Crippen LogP contribution in [0.15, 0.2) is 61.1 Å². The Morgan fingerprint density at radius 1 is 1.03 bits per heavy atom. The predicted octanol–water partition coefficient (Wildman–Crippen LogP) is 3.30. The number of carbonyl (C=O) groups excluding carboxylic acids is 1. The Bertz CT molecular complexity index is 1300. The van der Waals surface area contributed by atoms with Crippen molar-refractivity contribution in [3.63, 3.8) is 0 Å². The molecule has 0 spiro atoms. The van der Waals surface area contributed by atoms with E-state index in [1.54, 1.807) is 18.3 Å². The smallest absolute Gasteiger partial charge is 0.248 e. The molecule has 0 atom stereocenters. The molecule has 0 saturated carbocycles. The average Bonchev–Trinajstić information content (AvgIpc) is 3.31. The molecule has 1 saturated heterocycles. The fourth-order valence-corrected chi connectivity index (χ4v) is 4.27. The molecule has 1 aliphatic rings. The number of hydrogen-bond acceptors (Lipinski definition) is 6. The number of imidazole rings is 1. The maximum Gasteiger partial charge on any atom is 0.248 e. The van der Waals surface area contributed by atoms with Crippen LogP contribution in [-0.2, 0) is 0 Å². The van der Waals surface area contributed by atoms with Crippen LogP contribution in [0.1, 0.15) is 15.9 Å². The second-order valence-electron chi connectivity index (χ2n) is 8.47. The summed E-state index contributed by atoms with van der Waals surface area (Å²) < 4.78 is 2.00. The number of primary amides is 1. The van der Waals surface area contributed by atoms with Crippen molar-refractivity contribution in [1.29, 1.82) is 0 Å². The second-order valence-corrected chi connectivity index (χ2v) is 8.47. The Labute approximate surface area is 192 Å². The number of nitrogens with zero attached hydrogens (tertiary/aromatic N) is 5. The summed E-state index contributed by atoms with van der Waals surface area (Å²) in [6.07, 6.45) is 5.49. The van der Waals surface area contributed by atoms with Gasteiger partial charge in [-0.05, 0) is 55.9 Å². The van der Waals surface area contributed by atoms with Crippen molar-refractivity contribution in [2.24, 2.45) is 5.73 Å². The van der Waals surface area contributed by atoms with Crippen LogP contribution in [0.2, 0.25) is 0 Å². The quantitative estimate of drug-likeness (QED) is 0.494. The first-order valence-electron chi connectivity index (χ1n) is 11.0. The van der Waals surface area contributed by atoms with E-state index < -0.39 is 5.91 Å². The van der Waals surface area contributed by atoms with Crippen molar-refractivity contribution < 1.29 is 4.79 Å². The lowest BCUT2D eigenvalue weighted by Gasteiger charge is -2.34. The topological polar surface area (TPSA) is 91.8 Å². The lowest BCUT2D eigenvalue weighted by atomic mass is 10.0. The number of anilines is 3. The van der Waals surface area contributed by atoms with Crippen molar-refractivity contribution in [2.75, 3.05) is 43.4 Å². The zero-order valence-electron chi connectivity index (χ0n) is 18.8. The van der Waals surface area contributed by atoms with E-state index in [0.717, 1.165) is 54.3 Å². The molecule has 8 heteroatoms. The molecule has 0 unspecified atom stereocenters. The van der Waals surface area contributed by atoms with E-state index in [-0.39, 0.29) is 0 Å². The number of fused-ring (bicyclic) bond motifs is 1. The number of amides is 1. The monoisotopic (exact) mass is 441 g/mol. The third-order valence-corrected chi connectivity index (χ3v) is 6.21. The van der Waals surface area contributed by atoms with Gasteiger partial charge in [-0.3, -0.25) is 9.20 Å². The van der Waals surface area contributed by atoms with Crippen LogP contribution >= 0.6 is 0 Å². The molecule has 8 nitrogen and oxygen atoms in total. The maximum absolute atomic E-state index is 11.5. The molecular weight excluding hydrogens is 414 g/mol. The van der Waals surface area contributed by atoms with Crippen molar-refractivity contribution in [3.8, 4) is 11.3 Å². The molecule has 2 aromatic heterocycles. The molecule has 2 aromatic carbocycles. The lowest BCUT2D eigenvalue weighted by molar-refractivity contribution is 0.1000. The number of nitrogens with two attached hydrogens (primary N) is 1. The highest BCUT2D eigenvalue weighted by Crippen LogP contribution is 2.28. The molecule has 4 aromatic rings. The van der Waals surface area contributed by atoms with Gasteiger partial charge in [0.25, 0.3) is 0 Å². The van der Waals surface area contributed by atoms with E-state index in [0.29, 0.717) is 11.4 Å². The number of rotatable bonds is 5. The van der Waals surface area contributed by atoms with Crippen molar-refractivity contribution in [1.82, 2.24) is 19.3 Å². The Kier molecular flexibility index (Phi) is 5.43. The highest BCUT2D eigenvalue weighted by Gasteiger charge is 2.15. The van der Waals surface area contributed by atoms with Gasteiger partial charge in [0.2, 0.25) is 5.91 Å². The van der Waals surface area contributed by atoms with Crippen molar-refractivity contribution >= 4 is 28.7 Å². The fraction of sp³-hybridized carbons (Fsp3) is 0.240. The number of aryl methyl sites for hydroxylation is 1. The first-order valence-corrected chi connectivity index (χ1v) is 11.0. The molecule has 0 bridgehead atoms. The molecule has 33 heavy (non-hydrogen) atoms. The summed E-state index contributed by atoms with van der Waals surface area (Å²) in [5.41, 5.74) is 11.6. The normalized spacial score (nSPS) is 14.5. The van der Waals surface area contributed by atoms with E-state index in [2.05, 4.69) is 56.4 Å². The van der Waals surface area contributed by atoms with Gasteiger partial charge in [0.1, 0.15) is 0 Å². The average molecular weight is 442 g/mol. The summed E-state index contributed by atoms with van der Waals surface area (Å²) in [4.78, 5) is 25.5. The van der Waals surface area contributed by atoms with Gasteiger partial charge in [-0.15, -0.1) is 0 Å². The largest absolute Gasteiger partial charge is 0.369 e. The Morgan fingerprint density at radius 2 is 1.79 bits per heavy atom. The standard InChI is InChI=1S/C25H27N7O/c1-17-15-18(23(26)33)3-8-21(17)22-16-28-24(25-27-9-10-32(22)25)29-19-4-6-20(7-5-19)31-13-11-30(2)12-14-31/h3-10,15-16H,11-14H2,1-2H3,(H2,26,33)(H,28,29). The summed E-state index contributed by atoms with van der Waals surface area (Å²) >= 11 is 0. The SMILES string of the molecule is Cc1cc(C(N)=O)ccc1-c1cnc(Nc2ccc(N3CCN(C)CC3)cc2)c2nccn12. The highest BCUT2D eigenvalue weighted by atomic mass is 16.1. The molecular formula is C25H27N7O. The molecule has 1 amide bonds. The molecule has 0 radical (unpaired) electrons. The number of piperazine rings is 1. The molecule has 0 aliphatic carbocycles. The number of hydrogen-bond donors (Lipinski definition) is 2. The third-order valence-electron chi connectivity index (χ3n) is 6.21. The van der Waals surface area contributed by atoms with Gasteiger partial charge in [-0.2, -0.15) is 0 Å². The summed E-state index contributed by atoms with van der Waals surface area (Å²) in [6, 6.07) is 13.9. The van der Waals surface area contributed by atoms with Crippen molar-refractivity contribution in [3.05, 3.63) is 72.2 Å². The van der Waals surface area contributed by atoms with E-state index >= 15 is 0 Å². The van der Waals surface area contributed by atoms with Crippen LogP contribution in [0.3, 0.4) is 0 Å². The predicted molar refractivity (Wildman–Crippen MR) is 131 cm³/mol. The Morgan fingerprint density at radius 3 is 2.48 bits per heavy atom. The molecule has 5 rings (SSSR count). The van der Waals surface area contributed by atoms with Gasteiger partial charge in [0.05, 0.1) is 11.9 Å². The number of carbonyl (C=O) groups is 1. The first-order chi connectivity index (χ1) is 16.0. The van der Waals surface area contributed by atoms with Crippen LogP contribution < -0.4 is 16.0 Å². The maximum atomic E-state index is 11.5. The molecule has 3 heterocycles. The number of benzene rings is 2. The van der Waals surface area contributed by atoms with Gasteiger partial charge < -0.3 is 20.9 Å². The Balaban J connectivity index is 1.41. The molecule has 3 N–H and O–H groups in total. The van der Waals surface area contributed by atoms with Gasteiger partial charge in [0, 0.05) is 61.1 Å². The molecule has 168 valence electrons. The zero-order chi connectivity index (χ0) is 22.9. The van der Waals surface area contributed by atoms with E-state index in [9.17, 15) is 4.79 Å². The van der Waals surface area contributed by atoms with Gasteiger partial charge in [-0.25, -0.2) is 9.97 Å². The zero-order valence-corrected chi connectivity index (χ0v) is 18.8. The minimum atomic E-state index is -0.436. The summed E-state index contributed by atoms with van der Waals surface area (Å²) in [7, 11) is 2.16. The van der Waals surface area contributed by atoms with Gasteiger partial charge >= 0.3 is 0 Å². The highest BCUT2D eigenvalue weighted by molar-refractivity contribution is 5.93. The van der Waals surface area contributed by atoms with Crippen LogP contribution in [0.4, 0.5) is 17.2 Å². The van der Waals surface area contributed by atoms with Crippen LogP contribution in [0, 0.1) is 6.92 Å².